The van der Waals surface area contributed by atoms with Crippen LogP contribution in [0.15, 0.2) is 39.1 Å². The van der Waals surface area contributed by atoms with Gasteiger partial charge in [0.2, 0.25) is 0 Å². The van der Waals surface area contributed by atoms with E-state index >= 15 is 0 Å². The Labute approximate surface area is 124 Å². The number of benzene rings is 1. The molecule has 1 aromatic carbocycles. The molecule has 7 nitrogen and oxygen atoms in total. The molecular weight excluding hydrogens is 292 g/mol. The molecule has 0 spiro atoms. The van der Waals surface area contributed by atoms with Gasteiger partial charge in [-0.3, -0.25) is 14.9 Å². The third-order valence-corrected chi connectivity index (χ3v) is 3.63. The minimum atomic E-state index is -0.536. The maximum Gasteiger partial charge on any atom is 0.305 e. The third kappa shape index (κ3) is 3.60. The molecule has 3 N–H and O–H groups in total. The molecule has 0 aliphatic heterocycles. The molecule has 0 radical (unpaired) electrons. The molecule has 2 aromatic rings. The van der Waals surface area contributed by atoms with Gasteiger partial charge < -0.3 is 10.7 Å². The van der Waals surface area contributed by atoms with Crippen molar-refractivity contribution >= 4 is 23.1 Å². The van der Waals surface area contributed by atoms with Crippen LogP contribution in [0.1, 0.15) is 19.0 Å². The monoisotopic (exact) mass is 306 g/mol. The van der Waals surface area contributed by atoms with E-state index in [1.54, 1.807) is 12.1 Å². The summed E-state index contributed by atoms with van der Waals surface area (Å²) in [5.41, 5.74) is 5.93. The number of nitro benzene ring substituents is 1. The quantitative estimate of drug-likeness (QED) is 0.379. The molecule has 1 heterocycles. The van der Waals surface area contributed by atoms with E-state index < -0.39 is 4.92 Å². The van der Waals surface area contributed by atoms with E-state index in [1.165, 1.54) is 12.1 Å². The summed E-state index contributed by atoms with van der Waals surface area (Å²) in [5.74, 6) is 0. The number of aromatic amines is 1. The molecule has 0 saturated heterocycles. The molecule has 0 aliphatic carbocycles. The first-order chi connectivity index (χ1) is 10.0. The lowest BCUT2D eigenvalue weighted by Crippen LogP contribution is -2.10. The zero-order valence-electron chi connectivity index (χ0n) is 11.3. The van der Waals surface area contributed by atoms with Crippen molar-refractivity contribution in [1.29, 1.82) is 0 Å². The first-order valence-electron chi connectivity index (χ1n) is 6.32. The first-order valence-corrected chi connectivity index (χ1v) is 7.14. The molecule has 0 saturated carbocycles. The number of nitrogens with two attached hydrogens (primary N) is 1. The SMILES string of the molecule is CCCc1cc(=O)[nH]c(Sc2cccc(N)c2[N+](=O)[O-])n1. The maximum absolute atomic E-state index is 11.6. The van der Waals surface area contributed by atoms with Crippen molar-refractivity contribution in [2.75, 3.05) is 5.73 Å². The van der Waals surface area contributed by atoms with Gasteiger partial charge in [-0.05, 0) is 30.3 Å². The molecule has 0 fully saturated rings. The average molecular weight is 306 g/mol. The Hall–Kier alpha value is -2.35. The molecular formula is C13H14N4O3S. The van der Waals surface area contributed by atoms with Crippen molar-refractivity contribution in [3.05, 3.63) is 50.4 Å². The van der Waals surface area contributed by atoms with Gasteiger partial charge in [-0.15, -0.1) is 0 Å². The largest absolute Gasteiger partial charge is 0.393 e. The standard InChI is InChI=1S/C13H14N4O3S/c1-2-4-8-7-11(18)16-13(15-8)21-10-6-3-5-9(14)12(10)17(19)20/h3,5-7H,2,4,14H2,1H3,(H,15,16,18). The second-order valence-corrected chi connectivity index (χ2v) is 5.38. The maximum atomic E-state index is 11.6. The molecule has 1 aromatic heterocycles. The van der Waals surface area contributed by atoms with Crippen LogP contribution in [0, 0.1) is 10.1 Å². The molecule has 0 atom stereocenters. The van der Waals surface area contributed by atoms with Crippen LogP contribution >= 0.6 is 11.8 Å². The highest BCUT2D eigenvalue weighted by molar-refractivity contribution is 7.99. The van der Waals surface area contributed by atoms with Crippen LogP contribution < -0.4 is 11.3 Å². The number of hydrogen-bond donors (Lipinski definition) is 2. The topological polar surface area (TPSA) is 115 Å². The van der Waals surface area contributed by atoms with Crippen LogP contribution in [0.25, 0.3) is 0 Å². The lowest BCUT2D eigenvalue weighted by molar-refractivity contribution is -0.386. The number of nitrogens with zero attached hydrogens (tertiary/aromatic N) is 2. The lowest BCUT2D eigenvalue weighted by atomic mass is 10.2. The number of nitrogen functional groups attached to an aromatic ring is 1. The van der Waals surface area contributed by atoms with Crippen molar-refractivity contribution < 1.29 is 4.92 Å². The van der Waals surface area contributed by atoms with E-state index in [-0.39, 0.29) is 16.9 Å². The summed E-state index contributed by atoms with van der Waals surface area (Å²) in [5, 5.41) is 11.4. The Morgan fingerprint density at radius 3 is 2.90 bits per heavy atom. The zero-order chi connectivity index (χ0) is 15.4. The molecule has 8 heteroatoms. The van der Waals surface area contributed by atoms with Crippen LogP contribution in [-0.4, -0.2) is 14.9 Å². The fraction of sp³-hybridized carbons (Fsp3) is 0.231. The summed E-state index contributed by atoms with van der Waals surface area (Å²) in [6.45, 7) is 1.98. The highest BCUT2D eigenvalue weighted by atomic mass is 32.2. The molecule has 0 unspecified atom stereocenters. The van der Waals surface area contributed by atoms with E-state index in [1.807, 2.05) is 6.92 Å². The number of H-pyrrole nitrogens is 1. The van der Waals surface area contributed by atoms with Gasteiger partial charge in [0.15, 0.2) is 5.16 Å². The van der Waals surface area contributed by atoms with Gasteiger partial charge in [-0.2, -0.15) is 0 Å². The van der Waals surface area contributed by atoms with Gasteiger partial charge in [-0.1, -0.05) is 19.4 Å². The summed E-state index contributed by atoms with van der Waals surface area (Å²) in [6, 6.07) is 6.09. The first kappa shape index (κ1) is 15.0. The second kappa shape index (κ2) is 6.40. The van der Waals surface area contributed by atoms with E-state index in [4.69, 9.17) is 5.73 Å². The number of anilines is 1. The number of nitrogens with one attached hydrogen (secondary N) is 1. The van der Waals surface area contributed by atoms with Crippen molar-refractivity contribution in [2.24, 2.45) is 0 Å². The highest BCUT2D eigenvalue weighted by Gasteiger charge is 2.19. The number of nitro groups is 1. The van der Waals surface area contributed by atoms with Crippen molar-refractivity contribution in [1.82, 2.24) is 9.97 Å². The lowest BCUT2D eigenvalue weighted by Gasteiger charge is -2.05. The zero-order valence-corrected chi connectivity index (χ0v) is 12.1. The Balaban J connectivity index is 2.41. The highest BCUT2D eigenvalue weighted by Crippen LogP contribution is 2.36. The number of rotatable bonds is 5. The Bertz CT molecular complexity index is 730. The molecule has 0 bridgehead atoms. The van der Waals surface area contributed by atoms with E-state index in [0.717, 1.165) is 18.2 Å². The predicted octanol–water partition coefficient (Wildman–Crippen LogP) is 2.36. The predicted molar refractivity (Wildman–Crippen MR) is 80.5 cm³/mol. The Morgan fingerprint density at radius 2 is 2.24 bits per heavy atom. The number of hydrogen-bond acceptors (Lipinski definition) is 6. The molecule has 21 heavy (non-hydrogen) atoms. The number of aryl methyl sites for hydroxylation is 1. The van der Waals surface area contributed by atoms with Gasteiger partial charge in [-0.25, -0.2) is 4.98 Å². The van der Waals surface area contributed by atoms with Crippen molar-refractivity contribution in [3.8, 4) is 0 Å². The van der Waals surface area contributed by atoms with Crippen molar-refractivity contribution in [2.45, 2.75) is 29.8 Å². The number of para-hydroxylation sites is 1. The Kier molecular flexibility index (Phi) is 4.59. The van der Waals surface area contributed by atoms with Gasteiger partial charge in [0.05, 0.1) is 9.82 Å². The van der Waals surface area contributed by atoms with E-state index in [2.05, 4.69) is 9.97 Å². The normalized spacial score (nSPS) is 10.5. The second-order valence-electron chi connectivity index (χ2n) is 4.35. The average Bonchev–Trinajstić information content (AvgIpc) is 2.37. The third-order valence-electron chi connectivity index (χ3n) is 2.70. The van der Waals surface area contributed by atoms with Crippen LogP contribution in [-0.2, 0) is 6.42 Å². The minimum absolute atomic E-state index is 0.0806. The summed E-state index contributed by atoms with van der Waals surface area (Å²) in [6.07, 6.45) is 1.54. The summed E-state index contributed by atoms with van der Waals surface area (Å²) >= 11 is 1.02. The minimum Gasteiger partial charge on any atom is -0.393 e. The van der Waals surface area contributed by atoms with Gasteiger partial charge in [0.25, 0.3) is 5.56 Å². The van der Waals surface area contributed by atoms with Crippen molar-refractivity contribution in [3.63, 3.8) is 0 Å². The number of aromatic nitrogens is 2. The smallest absolute Gasteiger partial charge is 0.305 e. The van der Waals surface area contributed by atoms with Gasteiger partial charge >= 0.3 is 5.69 Å². The van der Waals surface area contributed by atoms with Gasteiger partial charge in [0, 0.05) is 11.8 Å². The van der Waals surface area contributed by atoms with Crippen LogP contribution in [0.2, 0.25) is 0 Å². The van der Waals surface area contributed by atoms with E-state index in [9.17, 15) is 14.9 Å². The van der Waals surface area contributed by atoms with Crippen LogP contribution in [0.5, 0.6) is 0 Å². The van der Waals surface area contributed by atoms with E-state index in [0.29, 0.717) is 22.2 Å². The summed E-state index contributed by atoms with van der Waals surface area (Å²) < 4.78 is 0. The Morgan fingerprint density at radius 1 is 1.48 bits per heavy atom. The van der Waals surface area contributed by atoms with Crippen LogP contribution in [0.3, 0.4) is 0 Å². The van der Waals surface area contributed by atoms with Crippen LogP contribution in [0.4, 0.5) is 11.4 Å². The molecule has 0 amide bonds. The summed E-state index contributed by atoms with van der Waals surface area (Å²) in [4.78, 5) is 29.4. The molecule has 2 rings (SSSR count). The summed E-state index contributed by atoms with van der Waals surface area (Å²) in [7, 11) is 0. The fourth-order valence-corrected chi connectivity index (χ4v) is 2.80. The van der Waals surface area contributed by atoms with Gasteiger partial charge in [0.1, 0.15) is 5.69 Å². The fourth-order valence-electron chi connectivity index (χ4n) is 1.84. The molecule has 110 valence electrons. The molecule has 0 aliphatic rings.